The number of ether oxygens (including phenoxy) is 1. The summed E-state index contributed by atoms with van der Waals surface area (Å²) in [6, 6.07) is 1.61. The first kappa shape index (κ1) is 18.1. The van der Waals surface area contributed by atoms with Gasteiger partial charge in [-0.2, -0.15) is 0 Å². The van der Waals surface area contributed by atoms with E-state index in [4.69, 9.17) is 10.5 Å². The molecule has 0 fully saturated rings. The summed E-state index contributed by atoms with van der Waals surface area (Å²) in [5.74, 6) is 0. The summed E-state index contributed by atoms with van der Waals surface area (Å²) in [6.07, 6.45) is 2.80. The van der Waals surface area contributed by atoms with E-state index in [2.05, 4.69) is 27.6 Å². The fourth-order valence-corrected chi connectivity index (χ4v) is 5.12. The molecule has 1 aromatic rings. The number of thiophene rings is 1. The second-order valence-electron chi connectivity index (χ2n) is 4.27. The highest BCUT2D eigenvalue weighted by molar-refractivity contribution is 9.11. The Morgan fingerprint density at radius 1 is 1.40 bits per heavy atom. The molecule has 20 heavy (non-hydrogen) atoms. The van der Waals surface area contributed by atoms with Gasteiger partial charge in [0.25, 0.3) is 0 Å². The van der Waals surface area contributed by atoms with Gasteiger partial charge in [0.15, 0.2) is 0 Å². The summed E-state index contributed by atoms with van der Waals surface area (Å²) < 4.78 is 32.7. The van der Waals surface area contributed by atoms with Gasteiger partial charge in [0.1, 0.15) is 4.90 Å². The van der Waals surface area contributed by atoms with Crippen LogP contribution in [0.3, 0.4) is 0 Å². The molecule has 0 saturated carbocycles. The van der Waals surface area contributed by atoms with Crippen LogP contribution in [0.1, 0.15) is 31.1 Å². The molecule has 0 aliphatic rings. The number of unbranched alkanes of at least 4 members (excludes halogenated alkanes) is 1. The first-order valence-electron chi connectivity index (χ1n) is 6.57. The van der Waals surface area contributed by atoms with Crippen molar-refractivity contribution in [2.24, 2.45) is 5.73 Å². The average Bonchev–Trinajstić information content (AvgIpc) is 2.80. The van der Waals surface area contributed by atoms with Crippen LogP contribution in [0.2, 0.25) is 0 Å². The molecule has 0 spiro atoms. The fourth-order valence-electron chi connectivity index (χ4n) is 1.49. The predicted molar refractivity (Wildman–Crippen MR) is 85.4 cm³/mol. The number of hydrogen-bond acceptors (Lipinski definition) is 5. The van der Waals surface area contributed by atoms with Gasteiger partial charge in [-0.1, -0.05) is 13.3 Å². The van der Waals surface area contributed by atoms with Gasteiger partial charge < -0.3 is 10.5 Å². The van der Waals surface area contributed by atoms with Gasteiger partial charge in [0.2, 0.25) is 10.0 Å². The summed E-state index contributed by atoms with van der Waals surface area (Å²) in [7, 11) is -3.48. The van der Waals surface area contributed by atoms with Gasteiger partial charge in [0.05, 0.1) is 3.79 Å². The van der Waals surface area contributed by atoms with E-state index in [-0.39, 0.29) is 4.90 Å². The second kappa shape index (κ2) is 9.11. The van der Waals surface area contributed by atoms with Crippen LogP contribution in [0.15, 0.2) is 14.7 Å². The number of rotatable bonds is 10. The molecule has 0 atom stereocenters. The van der Waals surface area contributed by atoms with Crippen molar-refractivity contribution < 1.29 is 13.2 Å². The normalized spacial score (nSPS) is 11.9. The molecule has 0 amide bonds. The van der Waals surface area contributed by atoms with E-state index in [1.54, 1.807) is 6.07 Å². The quantitative estimate of drug-likeness (QED) is 0.607. The van der Waals surface area contributed by atoms with Crippen LogP contribution in [-0.4, -0.2) is 28.2 Å². The van der Waals surface area contributed by atoms with Gasteiger partial charge in [0, 0.05) is 31.2 Å². The lowest BCUT2D eigenvalue weighted by molar-refractivity contribution is 0.130. The average molecular weight is 385 g/mol. The number of halogens is 1. The third-order valence-corrected chi connectivity index (χ3v) is 6.33. The minimum atomic E-state index is -3.48. The second-order valence-corrected chi connectivity index (χ2v) is 8.46. The van der Waals surface area contributed by atoms with Crippen molar-refractivity contribution >= 4 is 37.3 Å². The number of sulfonamides is 1. The van der Waals surface area contributed by atoms with Gasteiger partial charge in [-0.15, -0.1) is 11.3 Å². The number of hydrogen-bond donors (Lipinski definition) is 2. The maximum absolute atomic E-state index is 12.1. The first-order valence-corrected chi connectivity index (χ1v) is 9.66. The van der Waals surface area contributed by atoms with E-state index in [9.17, 15) is 8.42 Å². The van der Waals surface area contributed by atoms with E-state index in [0.29, 0.717) is 29.9 Å². The summed E-state index contributed by atoms with van der Waals surface area (Å²) in [6.45, 7) is 4.12. The van der Waals surface area contributed by atoms with Crippen LogP contribution < -0.4 is 10.5 Å². The zero-order valence-electron chi connectivity index (χ0n) is 11.5. The Morgan fingerprint density at radius 3 is 2.70 bits per heavy atom. The maximum Gasteiger partial charge on any atom is 0.242 e. The van der Waals surface area contributed by atoms with Gasteiger partial charge >= 0.3 is 0 Å². The minimum Gasteiger partial charge on any atom is -0.381 e. The van der Waals surface area contributed by atoms with E-state index in [1.807, 2.05) is 0 Å². The number of nitrogens with one attached hydrogen (secondary N) is 1. The molecule has 1 aromatic heterocycles. The van der Waals surface area contributed by atoms with Gasteiger partial charge in [-0.25, -0.2) is 13.1 Å². The topological polar surface area (TPSA) is 81.4 Å². The van der Waals surface area contributed by atoms with Gasteiger partial charge in [-0.05, 0) is 34.8 Å². The Kier molecular flexibility index (Phi) is 8.23. The zero-order chi connectivity index (χ0) is 15.0. The molecule has 0 radical (unpaired) electrons. The molecular weight excluding hydrogens is 364 g/mol. The summed E-state index contributed by atoms with van der Waals surface area (Å²) >= 11 is 4.61. The minimum absolute atomic E-state index is 0.259. The lowest BCUT2D eigenvalue weighted by Crippen LogP contribution is -2.25. The molecule has 1 rings (SSSR count). The van der Waals surface area contributed by atoms with Crippen molar-refractivity contribution in [2.45, 2.75) is 37.6 Å². The van der Waals surface area contributed by atoms with Crippen molar-refractivity contribution in [3.05, 3.63) is 14.7 Å². The third-order valence-electron chi connectivity index (χ3n) is 2.60. The Hall–Kier alpha value is 0.01000. The van der Waals surface area contributed by atoms with Crippen molar-refractivity contribution in [3.8, 4) is 0 Å². The predicted octanol–water partition coefficient (Wildman–Crippen LogP) is 2.45. The van der Waals surface area contributed by atoms with Crippen LogP contribution in [0.25, 0.3) is 0 Å². The molecule has 116 valence electrons. The zero-order valence-corrected chi connectivity index (χ0v) is 14.7. The molecule has 0 unspecified atom stereocenters. The number of nitrogens with two attached hydrogens (primary N) is 1. The standard InChI is InChI=1S/C12H21BrN2O3S2/c1-2-3-6-18-7-4-5-15-20(16,17)11-8-10(9-14)19-12(11)13/h8,15H,2-7,9,14H2,1H3. The molecule has 0 aromatic carbocycles. The molecule has 0 saturated heterocycles. The maximum atomic E-state index is 12.1. The van der Waals surface area contributed by atoms with E-state index in [0.717, 1.165) is 24.3 Å². The molecule has 3 N–H and O–H groups in total. The van der Waals surface area contributed by atoms with E-state index >= 15 is 0 Å². The Balaban J connectivity index is 2.40. The van der Waals surface area contributed by atoms with Crippen LogP contribution in [0.5, 0.6) is 0 Å². The molecule has 0 bridgehead atoms. The molecule has 8 heteroatoms. The van der Waals surface area contributed by atoms with E-state index in [1.165, 1.54) is 11.3 Å². The highest BCUT2D eigenvalue weighted by Gasteiger charge is 2.19. The van der Waals surface area contributed by atoms with Crippen LogP contribution >= 0.6 is 27.3 Å². The first-order chi connectivity index (χ1) is 9.51. The molecular formula is C12H21BrN2O3S2. The summed E-state index contributed by atoms with van der Waals surface area (Å²) in [5, 5.41) is 0. The van der Waals surface area contributed by atoms with Crippen molar-refractivity contribution in [2.75, 3.05) is 19.8 Å². The van der Waals surface area contributed by atoms with Gasteiger partial charge in [-0.3, -0.25) is 0 Å². The van der Waals surface area contributed by atoms with Crippen molar-refractivity contribution in [1.29, 1.82) is 0 Å². The monoisotopic (exact) mass is 384 g/mol. The molecule has 1 heterocycles. The van der Waals surface area contributed by atoms with Crippen LogP contribution in [-0.2, 0) is 21.3 Å². The lowest BCUT2D eigenvalue weighted by atomic mass is 10.4. The van der Waals surface area contributed by atoms with Crippen molar-refractivity contribution in [3.63, 3.8) is 0 Å². The Morgan fingerprint density at radius 2 is 2.10 bits per heavy atom. The SMILES string of the molecule is CCCCOCCCNS(=O)(=O)c1cc(CN)sc1Br. The highest BCUT2D eigenvalue weighted by atomic mass is 79.9. The lowest BCUT2D eigenvalue weighted by Gasteiger charge is -2.06. The van der Waals surface area contributed by atoms with Crippen molar-refractivity contribution in [1.82, 2.24) is 4.72 Å². The largest absolute Gasteiger partial charge is 0.381 e. The summed E-state index contributed by atoms with van der Waals surface area (Å²) in [4.78, 5) is 1.09. The molecule has 0 aliphatic carbocycles. The Labute approximate surface area is 133 Å². The smallest absolute Gasteiger partial charge is 0.242 e. The highest BCUT2D eigenvalue weighted by Crippen LogP contribution is 2.31. The fraction of sp³-hybridized carbons (Fsp3) is 0.667. The molecule has 5 nitrogen and oxygen atoms in total. The molecule has 0 aliphatic heterocycles. The third kappa shape index (κ3) is 5.79. The summed E-state index contributed by atoms with van der Waals surface area (Å²) in [5.41, 5.74) is 5.51. The van der Waals surface area contributed by atoms with Crippen LogP contribution in [0, 0.1) is 0 Å². The Bertz CT molecular complexity index is 503. The van der Waals surface area contributed by atoms with E-state index < -0.39 is 10.0 Å². The van der Waals surface area contributed by atoms with Crippen LogP contribution in [0.4, 0.5) is 0 Å².